The quantitative estimate of drug-likeness (QED) is 0.408. The minimum absolute atomic E-state index is 0.152. The number of piperazine rings is 1. The van der Waals surface area contributed by atoms with Crippen molar-refractivity contribution in [2.45, 2.75) is 25.3 Å². The smallest absolute Gasteiger partial charge is 0.316 e. The van der Waals surface area contributed by atoms with Gasteiger partial charge in [0.2, 0.25) is 11.8 Å². The molecule has 3 aliphatic heterocycles. The van der Waals surface area contributed by atoms with Gasteiger partial charge in [0.25, 0.3) is 0 Å². The van der Waals surface area contributed by atoms with Crippen LogP contribution in [0.4, 0.5) is 0 Å². The van der Waals surface area contributed by atoms with Crippen molar-refractivity contribution < 1.29 is 19.5 Å². The SMILES string of the molecule is C1CNCCN1.O=C(O)C1CC2CCC(=O)N2C1=O. The van der Waals surface area contributed by atoms with E-state index in [1.54, 1.807) is 0 Å². The number of carbonyl (C=O) groups excluding carboxylic acids is 2. The molecule has 0 saturated carbocycles. The predicted molar refractivity (Wildman–Crippen MR) is 66.4 cm³/mol. The van der Waals surface area contributed by atoms with Gasteiger partial charge in [-0.1, -0.05) is 0 Å². The van der Waals surface area contributed by atoms with Gasteiger partial charge in [0, 0.05) is 38.6 Å². The minimum atomic E-state index is -1.12. The predicted octanol–water partition coefficient (Wildman–Crippen LogP) is -1.21. The standard InChI is InChI=1S/C8H9NO4.C4H10N2/c10-6-2-1-4-3-5(8(12)13)7(11)9(4)6;1-2-6-4-3-5-1/h4-5H,1-3H2,(H,12,13);5-6H,1-4H2. The van der Waals surface area contributed by atoms with Crippen LogP contribution in [0.15, 0.2) is 0 Å². The summed E-state index contributed by atoms with van der Waals surface area (Å²) in [6.07, 6.45) is 1.29. The lowest BCUT2D eigenvalue weighted by atomic mass is 10.0. The third kappa shape index (κ3) is 3.10. The fourth-order valence-corrected chi connectivity index (χ4v) is 2.62. The molecule has 0 aliphatic carbocycles. The van der Waals surface area contributed by atoms with Gasteiger partial charge in [-0.3, -0.25) is 19.3 Å². The Morgan fingerprint density at radius 2 is 1.74 bits per heavy atom. The van der Waals surface area contributed by atoms with Gasteiger partial charge < -0.3 is 15.7 Å². The molecular weight excluding hydrogens is 250 g/mol. The number of aliphatic carboxylic acids is 1. The highest BCUT2D eigenvalue weighted by molar-refractivity contribution is 6.07. The zero-order valence-electron chi connectivity index (χ0n) is 10.7. The van der Waals surface area contributed by atoms with Gasteiger partial charge in [0.15, 0.2) is 0 Å². The van der Waals surface area contributed by atoms with Crippen LogP contribution in [-0.2, 0) is 14.4 Å². The largest absolute Gasteiger partial charge is 0.481 e. The van der Waals surface area contributed by atoms with Crippen LogP contribution in [0.3, 0.4) is 0 Å². The Morgan fingerprint density at radius 3 is 2.16 bits per heavy atom. The summed E-state index contributed by atoms with van der Waals surface area (Å²) in [5.41, 5.74) is 0. The van der Waals surface area contributed by atoms with Crippen molar-refractivity contribution in [2.75, 3.05) is 26.2 Å². The third-order valence-electron chi connectivity index (χ3n) is 3.62. The van der Waals surface area contributed by atoms with E-state index in [1.807, 2.05) is 0 Å². The molecule has 19 heavy (non-hydrogen) atoms. The van der Waals surface area contributed by atoms with Crippen LogP contribution in [0.5, 0.6) is 0 Å². The van der Waals surface area contributed by atoms with E-state index in [-0.39, 0.29) is 11.9 Å². The molecule has 0 aromatic rings. The van der Waals surface area contributed by atoms with Crippen LogP contribution < -0.4 is 10.6 Å². The van der Waals surface area contributed by atoms with Crippen LogP contribution in [0.2, 0.25) is 0 Å². The zero-order chi connectivity index (χ0) is 13.8. The molecule has 3 aliphatic rings. The second kappa shape index (κ2) is 6.12. The minimum Gasteiger partial charge on any atom is -0.481 e. The topological polar surface area (TPSA) is 98.7 Å². The number of fused-ring (bicyclic) bond motifs is 1. The lowest BCUT2D eigenvalue weighted by Gasteiger charge is -2.11. The second-order valence-electron chi connectivity index (χ2n) is 4.92. The van der Waals surface area contributed by atoms with Crippen molar-refractivity contribution in [3.05, 3.63) is 0 Å². The maximum Gasteiger partial charge on any atom is 0.316 e. The maximum atomic E-state index is 11.4. The van der Waals surface area contributed by atoms with Crippen LogP contribution in [-0.4, -0.2) is 60.0 Å². The molecule has 2 amide bonds. The van der Waals surface area contributed by atoms with Crippen molar-refractivity contribution in [1.82, 2.24) is 15.5 Å². The fourth-order valence-electron chi connectivity index (χ4n) is 2.62. The third-order valence-corrected chi connectivity index (χ3v) is 3.62. The molecule has 0 bridgehead atoms. The summed E-state index contributed by atoms with van der Waals surface area (Å²) in [5, 5.41) is 15.1. The number of carbonyl (C=O) groups is 3. The second-order valence-corrected chi connectivity index (χ2v) is 4.92. The Hall–Kier alpha value is -1.47. The number of amides is 2. The van der Waals surface area contributed by atoms with Gasteiger partial charge in [-0.25, -0.2) is 0 Å². The Morgan fingerprint density at radius 1 is 1.16 bits per heavy atom. The zero-order valence-corrected chi connectivity index (χ0v) is 10.7. The summed E-state index contributed by atoms with van der Waals surface area (Å²) in [6.45, 7) is 4.56. The molecule has 2 unspecified atom stereocenters. The average Bonchev–Trinajstić information content (AvgIpc) is 2.94. The van der Waals surface area contributed by atoms with E-state index >= 15 is 0 Å². The van der Waals surface area contributed by atoms with Crippen molar-refractivity contribution in [3.8, 4) is 0 Å². The summed E-state index contributed by atoms with van der Waals surface area (Å²) >= 11 is 0. The number of nitrogens with zero attached hydrogens (tertiary/aromatic N) is 1. The molecule has 2 atom stereocenters. The molecule has 0 spiro atoms. The molecule has 7 heteroatoms. The lowest BCUT2D eigenvalue weighted by molar-refractivity contribution is -0.149. The van der Waals surface area contributed by atoms with E-state index in [0.717, 1.165) is 31.1 Å². The van der Waals surface area contributed by atoms with E-state index in [9.17, 15) is 14.4 Å². The normalized spacial score (nSPS) is 29.8. The number of carboxylic acid groups (broad SMARTS) is 1. The van der Waals surface area contributed by atoms with Crippen molar-refractivity contribution in [2.24, 2.45) is 5.92 Å². The summed E-state index contributed by atoms with van der Waals surface area (Å²) < 4.78 is 0. The molecule has 0 radical (unpaired) electrons. The van der Waals surface area contributed by atoms with Gasteiger partial charge in [-0.2, -0.15) is 0 Å². The molecule has 3 N–H and O–H groups in total. The number of hydrogen-bond acceptors (Lipinski definition) is 5. The Balaban J connectivity index is 0.000000186. The highest BCUT2D eigenvalue weighted by Gasteiger charge is 2.49. The Kier molecular flexibility index (Phi) is 4.49. The molecule has 7 nitrogen and oxygen atoms in total. The van der Waals surface area contributed by atoms with Crippen LogP contribution in [0.1, 0.15) is 19.3 Å². The molecule has 3 rings (SSSR count). The first-order valence-corrected chi connectivity index (χ1v) is 6.61. The van der Waals surface area contributed by atoms with Gasteiger partial charge in [-0.05, 0) is 12.8 Å². The van der Waals surface area contributed by atoms with E-state index in [0.29, 0.717) is 19.3 Å². The van der Waals surface area contributed by atoms with E-state index in [2.05, 4.69) is 10.6 Å². The monoisotopic (exact) mass is 269 g/mol. The molecule has 0 aromatic heterocycles. The highest BCUT2D eigenvalue weighted by atomic mass is 16.4. The van der Waals surface area contributed by atoms with Crippen molar-refractivity contribution in [3.63, 3.8) is 0 Å². The number of carboxylic acids is 1. The summed E-state index contributed by atoms with van der Waals surface area (Å²) in [7, 11) is 0. The molecule has 106 valence electrons. The van der Waals surface area contributed by atoms with Crippen molar-refractivity contribution >= 4 is 17.8 Å². The van der Waals surface area contributed by atoms with Crippen LogP contribution >= 0.6 is 0 Å². The average molecular weight is 269 g/mol. The van der Waals surface area contributed by atoms with Gasteiger partial charge in [0.1, 0.15) is 5.92 Å². The number of rotatable bonds is 1. The van der Waals surface area contributed by atoms with E-state index in [1.165, 1.54) is 0 Å². The van der Waals surface area contributed by atoms with E-state index in [4.69, 9.17) is 5.11 Å². The lowest BCUT2D eigenvalue weighted by Crippen LogP contribution is -2.39. The van der Waals surface area contributed by atoms with Gasteiger partial charge in [0.05, 0.1) is 0 Å². The number of nitrogens with one attached hydrogen (secondary N) is 2. The Labute approximate surface area is 111 Å². The molecule has 0 aromatic carbocycles. The van der Waals surface area contributed by atoms with Gasteiger partial charge >= 0.3 is 5.97 Å². The number of imide groups is 1. The molecule has 3 fully saturated rings. The highest BCUT2D eigenvalue weighted by Crippen LogP contribution is 2.33. The molecule has 3 saturated heterocycles. The summed E-state index contributed by atoms with van der Waals surface area (Å²) in [4.78, 5) is 34.2. The van der Waals surface area contributed by atoms with Gasteiger partial charge in [-0.15, -0.1) is 0 Å². The summed E-state index contributed by atoms with van der Waals surface area (Å²) in [6, 6.07) is -0.152. The van der Waals surface area contributed by atoms with Crippen LogP contribution in [0, 0.1) is 5.92 Å². The maximum absolute atomic E-state index is 11.4. The molecular formula is C12H19N3O4. The van der Waals surface area contributed by atoms with Crippen LogP contribution in [0.25, 0.3) is 0 Å². The number of hydrogen-bond donors (Lipinski definition) is 3. The Bertz CT molecular complexity index is 370. The fraction of sp³-hybridized carbons (Fsp3) is 0.750. The molecule has 3 heterocycles. The van der Waals surface area contributed by atoms with Crippen molar-refractivity contribution in [1.29, 1.82) is 0 Å². The first kappa shape index (κ1) is 14.0. The summed E-state index contributed by atoms with van der Waals surface area (Å²) in [5.74, 6) is -2.86. The first-order chi connectivity index (χ1) is 9.11. The first-order valence-electron chi connectivity index (χ1n) is 6.61. The van der Waals surface area contributed by atoms with E-state index < -0.39 is 17.8 Å².